The average Bonchev–Trinajstić information content (AvgIpc) is 2.72. The molecular formula is C23H20FN3O2. The third-order valence-electron chi connectivity index (χ3n) is 4.32. The molecule has 0 amide bonds. The number of halogens is 1. The third-order valence-corrected chi connectivity index (χ3v) is 4.32. The standard InChI is InChI=1S/C23H20FN3O2/c24-23-11-9-16(14-27-23)4-3-6-19(28)12-17-8-10-21(26-15-17)22(29)13-18-5-1-2-7-20(18)25/h1-5,7-11,14-15H,6,12-13,25H2/b4-3+. The molecule has 0 saturated carbocycles. The number of ketones is 2. The molecule has 0 aliphatic heterocycles. The predicted octanol–water partition coefficient (Wildman–Crippen LogP) is 3.84. The van der Waals surface area contributed by atoms with Gasteiger partial charge in [0, 0.05) is 37.3 Å². The quantitative estimate of drug-likeness (QED) is 0.359. The highest BCUT2D eigenvalue weighted by Gasteiger charge is 2.11. The molecule has 0 aliphatic rings. The summed E-state index contributed by atoms with van der Waals surface area (Å²) in [5.74, 6) is -0.661. The van der Waals surface area contributed by atoms with Crippen LogP contribution in [0.1, 0.15) is 33.6 Å². The normalized spacial score (nSPS) is 10.9. The van der Waals surface area contributed by atoms with Crippen LogP contribution in [0.4, 0.5) is 10.1 Å². The number of aromatic nitrogens is 2. The number of benzene rings is 1. The molecule has 3 rings (SSSR count). The first-order chi connectivity index (χ1) is 14.0. The first-order valence-electron chi connectivity index (χ1n) is 9.12. The summed E-state index contributed by atoms with van der Waals surface area (Å²) in [7, 11) is 0. The Hall–Kier alpha value is -3.67. The van der Waals surface area contributed by atoms with Crippen molar-refractivity contribution in [3.63, 3.8) is 0 Å². The summed E-state index contributed by atoms with van der Waals surface area (Å²) in [4.78, 5) is 32.2. The Morgan fingerprint density at radius 2 is 1.79 bits per heavy atom. The maximum atomic E-state index is 12.8. The molecule has 0 saturated heterocycles. The molecule has 2 aromatic heterocycles. The minimum Gasteiger partial charge on any atom is -0.398 e. The summed E-state index contributed by atoms with van der Waals surface area (Å²) in [6.07, 6.45) is 7.03. The zero-order chi connectivity index (χ0) is 20.6. The summed E-state index contributed by atoms with van der Waals surface area (Å²) < 4.78 is 12.8. The summed E-state index contributed by atoms with van der Waals surface area (Å²) in [6.45, 7) is 0. The van der Waals surface area contributed by atoms with Crippen LogP contribution >= 0.6 is 0 Å². The molecule has 6 heteroatoms. The Balaban J connectivity index is 1.53. The number of nitrogens with two attached hydrogens (primary N) is 1. The van der Waals surface area contributed by atoms with Crippen molar-refractivity contribution < 1.29 is 14.0 Å². The third kappa shape index (κ3) is 5.90. The summed E-state index contributed by atoms with van der Waals surface area (Å²) in [5, 5.41) is 0. The number of pyridine rings is 2. The van der Waals surface area contributed by atoms with Crippen LogP contribution in [0.25, 0.3) is 6.08 Å². The lowest BCUT2D eigenvalue weighted by atomic mass is 10.0. The van der Waals surface area contributed by atoms with Gasteiger partial charge in [-0.3, -0.25) is 14.6 Å². The zero-order valence-corrected chi connectivity index (χ0v) is 15.7. The van der Waals surface area contributed by atoms with E-state index in [-0.39, 0.29) is 30.8 Å². The van der Waals surface area contributed by atoms with Crippen LogP contribution in [-0.2, 0) is 17.6 Å². The molecule has 0 aliphatic carbocycles. The van der Waals surface area contributed by atoms with Gasteiger partial charge in [-0.25, -0.2) is 4.98 Å². The molecule has 0 spiro atoms. The summed E-state index contributed by atoms with van der Waals surface area (Å²) in [6, 6.07) is 13.4. The van der Waals surface area contributed by atoms with Gasteiger partial charge < -0.3 is 5.73 Å². The molecule has 2 N–H and O–H groups in total. The minimum absolute atomic E-state index is 0.00857. The highest BCUT2D eigenvalue weighted by molar-refractivity contribution is 5.96. The fourth-order valence-electron chi connectivity index (χ4n) is 2.76. The van der Waals surface area contributed by atoms with Crippen molar-refractivity contribution >= 4 is 23.3 Å². The zero-order valence-electron chi connectivity index (χ0n) is 15.7. The smallest absolute Gasteiger partial charge is 0.212 e. The molecule has 146 valence electrons. The number of hydrogen-bond acceptors (Lipinski definition) is 5. The molecule has 1 aromatic carbocycles. The number of carbonyl (C=O) groups is 2. The van der Waals surface area contributed by atoms with E-state index in [2.05, 4.69) is 9.97 Å². The molecule has 29 heavy (non-hydrogen) atoms. The molecule has 0 bridgehead atoms. The first-order valence-corrected chi connectivity index (χ1v) is 9.12. The van der Waals surface area contributed by atoms with Crippen molar-refractivity contribution in [2.75, 3.05) is 5.73 Å². The lowest BCUT2D eigenvalue weighted by Gasteiger charge is -2.05. The van der Waals surface area contributed by atoms with E-state index in [0.717, 1.165) is 16.7 Å². The van der Waals surface area contributed by atoms with Crippen LogP contribution < -0.4 is 5.73 Å². The van der Waals surface area contributed by atoms with Gasteiger partial charge in [-0.05, 0) is 41.0 Å². The second kappa shape index (κ2) is 9.50. The van der Waals surface area contributed by atoms with Crippen LogP contribution in [0.3, 0.4) is 0 Å². The average molecular weight is 389 g/mol. The number of rotatable bonds is 8. The van der Waals surface area contributed by atoms with Crippen molar-refractivity contribution in [2.24, 2.45) is 0 Å². The van der Waals surface area contributed by atoms with Crippen LogP contribution in [0.5, 0.6) is 0 Å². The largest absolute Gasteiger partial charge is 0.398 e. The van der Waals surface area contributed by atoms with E-state index in [1.165, 1.54) is 12.3 Å². The van der Waals surface area contributed by atoms with Gasteiger partial charge in [-0.2, -0.15) is 4.39 Å². The van der Waals surface area contributed by atoms with E-state index in [1.54, 1.807) is 42.6 Å². The Morgan fingerprint density at radius 1 is 0.966 bits per heavy atom. The number of Topliss-reactive ketones (excluding diaryl/α,β-unsaturated/α-hetero) is 2. The van der Waals surface area contributed by atoms with Gasteiger partial charge in [0.1, 0.15) is 11.5 Å². The maximum absolute atomic E-state index is 12.8. The summed E-state index contributed by atoms with van der Waals surface area (Å²) >= 11 is 0. The number of para-hydroxylation sites is 1. The molecule has 3 aromatic rings. The lowest BCUT2D eigenvalue weighted by Crippen LogP contribution is -2.08. The van der Waals surface area contributed by atoms with Crippen LogP contribution in [0.15, 0.2) is 67.0 Å². The van der Waals surface area contributed by atoms with Crippen LogP contribution in [0, 0.1) is 5.95 Å². The van der Waals surface area contributed by atoms with Crippen LogP contribution in [-0.4, -0.2) is 21.5 Å². The van der Waals surface area contributed by atoms with Crippen molar-refractivity contribution in [3.8, 4) is 0 Å². The van der Waals surface area contributed by atoms with Crippen molar-refractivity contribution in [1.82, 2.24) is 9.97 Å². The predicted molar refractivity (Wildman–Crippen MR) is 110 cm³/mol. The van der Waals surface area contributed by atoms with E-state index in [4.69, 9.17) is 5.73 Å². The number of carbonyl (C=O) groups excluding carboxylic acids is 2. The Morgan fingerprint density at radius 3 is 2.48 bits per heavy atom. The van der Waals surface area contributed by atoms with Gasteiger partial charge in [-0.1, -0.05) is 36.4 Å². The Bertz CT molecular complexity index is 1030. The van der Waals surface area contributed by atoms with E-state index in [9.17, 15) is 14.0 Å². The number of allylic oxidation sites excluding steroid dienone is 1. The first kappa shape index (κ1) is 20.1. The van der Waals surface area contributed by atoms with Gasteiger partial charge in [-0.15, -0.1) is 0 Å². The maximum Gasteiger partial charge on any atom is 0.212 e. The molecule has 0 fully saturated rings. The van der Waals surface area contributed by atoms with Gasteiger partial charge in [0.15, 0.2) is 5.78 Å². The number of anilines is 1. The lowest BCUT2D eigenvalue weighted by molar-refractivity contribution is -0.117. The molecule has 5 nitrogen and oxygen atoms in total. The van der Waals surface area contributed by atoms with Gasteiger partial charge in [0.2, 0.25) is 5.95 Å². The van der Waals surface area contributed by atoms with Crippen molar-refractivity contribution in [2.45, 2.75) is 19.3 Å². The molecule has 0 radical (unpaired) electrons. The van der Waals surface area contributed by atoms with Gasteiger partial charge >= 0.3 is 0 Å². The van der Waals surface area contributed by atoms with Crippen LogP contribution in [0.2, 0.25) is 0 Å². The highest BCUT2D eigenvalue weighted by Crippen LogP contribution is 2.14. The van der Waals surface area contributed by atoms with E-state index in [0.29, 0.717) is 11.4 Å². The van der Waals surface area contributed by atoms with E-state index < -0.39 is 5.95 Å². The molecule has 0 unspecified atom stereocenters. The second-order valence-electron chi connectivity index (χ2n) is 6.59. The molecule has 0 atom stereocenters. The van der Waals surface area contributed by atoms with Gasteiger partial charge in [0.25, 0.3) is 0 Å². The number of nitrogens with zero attached hydrogens (tertiary/aromatic N) is 2. The van der Waals surface area contributed by atoms with Gasteiger partial charge in [0.05, 0.1) is 0 Å². The topological polar surface area (TPSA) is 85.9 Å². The summed E-state index contributed by atoms with van der Waals surface area (Å²) in [5.41, 5.74) is 9.02. The van der Waals surface area contributed by atoms with Crippen molar-refractivity contribution in [3.05, 3.63) is 95.3 Å². The van der Waals surface area contributed by atoms with E-state index in [1.807, 2.05) is 18.2 Å². The number of nitrogen functional groups attached to an aromatic ring is 1. The fourth-order valence-corrected chi connectivity index (χ4v) is 2.76. The second-order valence-corrected chi connectivity index (χ2v) is 6.59. The fraction of sp³-hybridized carbons (Fsp3) is 0.130. The molecular weight excluding hydrogens is 369 g/mol. The SMILES string of the molecule is Nc1ccccc1CC(=O)c1ccc(CC(=O)C/C=C/c2ccc(F)nc2)cn1. The highest BCUT2D eigenvalue weighted by atomic mass is 19.1. The minimum atomic E-state index is -0.542. The van der Waals surface area contributed by atoms with E-state index >= 15 is 0 Å². The number of hydrogen-bond donors (Lipinski definition) is 1. The Kier molecular flexibility index (Phi) is 6.58. The molecule has 2 heterocycles. The van der Waals surface area contributed by atoms with Crippen molar-refractivity contribution in [1.29, 1.82) is 0 Å². The Labute approximate surface area is 168 Å². The monoisotopic (exact) mass is 389 g/mol.